The maximum absolute atomic E-state index is 12.5. The number of amides is 1. The van der Waals surface area contributed by atoms with Crippen molar-refractivity contribution in [2.45, 2.75) is 26.5 Å². The van der Waals surface area contributed by atoms with Gasteiger partial charge in [0, 0.05) is 10.0 Å². The first kappa shape index (κ1) is 15.2. The molecule has 2 aromatic carbocycles. The van der Waals surface area contributed by atoms with Gasteiger partial charge in [-0.05, 0) is 49.2 Å². The average molecular weight is 336 g/mol. The summed E-state index contributed by atoms with van der Waals surface area (Å²) in [7, 11) is 0. The van der Waals surface area contributed by atoms with Crippen LogP contribution in [0, 0.1) is 6.92 Å². The topological polar surface area (TPSA) is 29.5 Å². The summed E-state index contributed by atoms with van der Waals surface area (Å²) in [6.45, 7) is 4.12. The molecule has 0 radical (unpaired) electrons. The van der Waals surface area contributed by atoms with Crippen molar-refractivity contribution < 1.29 is 9.53 Å². The predicted molar refractivity (Wildman–Crippen MR) is 88.9 cm³/mol. The van der Waals surface area contributed by atoms with Gasteiger partial charge >= 0.3 is 0 Å². The Labute approximate surface area is 139 Å². The van der Waals surface area contributed by atoms with Gasteiger partial charge < -0.3 is 9.64 Å². The first-order valence-corrected chi connectivity index (χ1v) is 7.74. The van der Waals surface area contributed by atoms with Gasteiger partial charge in [0.05, 0.1) is 12.2 Å². The lowest BCUT2D eigenvalue weighted by molar-refractivity contribution is -0.125. The van der Waals surface area contributed by atoms with Crippen molar-refractivity contribution in [2.24, 2.45) is 0 Å². The molecule has 0 unspecified atom stereocenters. The highest BCUT2D eigenvalue weighted by atomic mass is 35.5. The molecular formula is C17H15Cl2NO2. The molecule has 0 aliphatic carbocycles. The lowest BCUT2D eigenvalue weighted by Gasteiger charge is -2.33. The molecule has 1 aliphatic heterocycles. The van der Waals surface area contributed by atoms with Gasteiger partial charge in [0.1, 0.15) is 5.75 Å². The van der Waals surface area contributed by atoms with Crippen molar-refractivity contribution in [2.75, 3.05) is 4.90 Å². The molecule has 0 saturated carbocycles. The summed E-state index contributed by atoms with van der Waals surface area (Å²) in [6, 6.07) is 11.1. The van der Waals surface area contributed by atoms with Crippen LogP contribution in [0.3, 0.4) is 0 Å². The minimum Gasteiger partial charge on any atom is -0.479 e. The van der Waals surface area contributed by atoms with Crippen LogP contribution in [0.1, 0.15) is 18.1 Å². The first-order chi connectivity index (χ1) is 10.5. The lowest BCUT2D eigenvalue weighted by Crippen LogP contribution is -2.44. The first-order valence-electron chi connectivity index (χ1n) is 6.98. The SMILES string of the molecule is Cc1ccc2c(c1)N(Cc1ccc(Cl)cc1Cl)C(=O)[C@H](C)O2. The fourth-order valence-electron chi connectivity index (χ4n) is 2.50. The molecule has 0 spiro atoms. The average Bonchev–Trinajstić information content (AvgIpc) is 2.47. The maximum Gasteiger partial charge on any atom is 0.268 e. The van der Waals surface area contributed by atoms with E-state index in [1.165, 1.54) is 0 Å². The molecule has 3 nitrogen and oxygen atoms in total. The molecule has 0 aromatic heterocycles. The Hall–Kier alpha value is -1.71. The van der Waals surface area contributed by atoms with Crippen molar-refractivity contribution in [3.8, 4) is 5.75 Å². The Balaban J connectivity index is 2.01. The van der Waals surface area contributed by atoms with E-state index < -0.39 is 6.10 Å². The lowest BCUT2D eigenvalue weighted by atomic mass is 10.1. The van der Waals surface area contributed by atoms with Crippen molar-refractivity contribution >= 4 is 34.8 Å². The number of anilines is 1. The summed E-state index contributed by atoms with van der Waals surface area (Å²) in [5.74, 6) is 0.631. The third kappa shape index (κ3) is 2.79. The van der Waals surface area contributed by atoms with Crippen molar-refractivity contribution in [1.29, 1.82) is 0 Å². The molecule has 5 heteroatoms. The van der Waals surface area contributed by atoms with Gasteiger partial charge in [-0.3, -0.25) is 4.79 Å². The fraction of sp³-hybridized carbons (Fsp3) is 0.235. The standard InChI is InChI=1S/C17H15Cl2NO2/c1-10-3-6-16-15(7-10)20(17(21)11(2)22-16)9-12-4-5-13(18)8-14(12)19/h3-8,11H,9H2,1-2H3/t11-/m0/s1. The number of carbonyl (C=O) groups excluding carboxylic acids is 1. The number of ether oxygens (including phenoxy) is 1. The Bertz CT molecular complexity index is 745. The zero-order valence-electron chi connectivity index (χ0n) is 12.3. The van der Waals surface area contributed by atoms with E-state index in [0.29, 0.717) is 22.3 Å². The number of fused-ring (bicyclic) bond motifs is 1. The number of rotatable bonds is 2. The molecule has 114 valence electrons. The molecule has 0 N–H and O–H groups in total. The van der Waals surface area contributed by atoms with E-state index >= 15 is 0 Å². The zero-order chi connectivity index (χ0) is 15.9. The normalized spacial score (nSPS) is 17.2. The van der Waals surface area contributed by atoms with Crippen LogP contribution in [-0.4, -0.2) is 12.0 Å². The van der Waals surface area contributed by atoms with Crippen molar-refractivity contribution in [3.05, 3.63) is 57.6 Å². The van der Waals surface area contributed by atoms with E-state index in [9.17, 15) is 4.79 Å². The monoisotopic (exact) mass is 335 g/mol. The second-order valence-corrected chi connectivity index (χ2v) is 6.24. The highest BCUT2D eigenvalue weighted by molar-refractivity contribution is 6.35. The summed E-state index contributed by atoms with van der Waals surface area (Å²) in [4.78, 5) is 14.2. The van der Waals surface area contributed by atoms with Crippen LogP contribution >= 0.6 is 23.2 Å². The molecule has 1 atom stereocenters. The van der Waals surface area contributed by atoms with E-state index in [2.05, 4.69) is 0 Å². The third-order valence-electron chi connectivity index (χ3n) is 3.67. The highest BCUT2D eigenvalue weighted by Gasteiger charge is 2.31. The van der Waals surface area contributed by atoms with Crippen molar-refractivity contribution in [3.63, 3.8) is 0 Å². The Morgan fingerprint density at radius 2 is 1.95 bits per heavy atom. The summed E-state index contributed by atoms with van der Waals surface area (Å²) in [5, 5.41) is 1.13. The molecule has 1 amide bonds. The van der Waals surface area contributed by atoms with Gasteiger partial charge in [-0.15, -0.1) is 0 Å². The molecule has 0 fully saturated rings. The van der Waals surface area contributed by atoms with E-state index in [4.69, 9.17) is 27.9 Å². The summed E-state index contributed by atoms with van der Waals surface area (Å²) in [5.41, 5.74) is 2.69. The largest absolute Gasteiger partial charge is 0.479 e. The zero-order valence-corrected chi connectivity index (χ0v) is 13.8. The van der Waals surface area contributed by atoms with E-state index in [1.54, 1.807) is 24.0 Å². The molecule has 1 aliphatic rings. The Morgan fingerprint density at radius 3 is 2.68 bits per heavy atom. The van der Waals surface area contributed by atoms with Gasteiger partial charge in [-0.2, -0.15) is 0 Å². The molecule has 0 saturated heterocycles. The Morgan fingerprint density at radius 1 is 1.18 bits per heavy atom. The number of halogens is 2. The molecule has 22 heavy (non-hydrogen) atoms. The van der Waals surface area contributed by atoms with Gasteiger partial charge in [-0.1, -0.05) is 35.3 Å². The van der Waals surface area contributed by atoms with Gasteiger partial charge in [0.25, 0.3) is 5.91 Å². The third-order valence-corrected chi connectivity index (χ3v) is 4.25. The second kappa shape index (κ2) is 5.82. The van der Waals surface area contributed by atoms with Crippen LogP contribution < -0.4 is 9.64 Å². The molecule has 3 rings (SSSR count). The van der Waals surface area contributed by atoms with Crippen LogP contribution in [0.25, 0.3) is 0 Å². The van der Waals surface area contributed by atoms with Crippen LogP contribution in [0.2, 0.25) is 10.0 Å². The summed E-state index contributed by atoms with van der Waals surface area (Å²) >= 11 is 12.2. The van der Waals surface area contributed by atoms with Crippen LogP contribution in [0.4, 0.5) is 5.69 Å². The predicted octanol–water partition coefficient (Wildman–Crippen LogP) is 4.62. The van der Waals surface area contributed by atoms with Crippen LogP contribution in [0.15, 0.2) is 36.4 Å². The molecule has 1 heterocycles. The van der Waals surface area contributed by atoms with E-state index in [1.807, 2.05) is 31.2 Å². The molecule has 0 bridgehead atoms. The van der Waals surface area contributed by atoms with Crippen molar-refractivity contribution in [1.82, 2.24) is 0 Å². The second-order valence-electron chi connectivity index (χ2n) is 5.39. The minimum atomic E-state index is -0.513. The quantitative estimate of drug-likeness (QED) is 0.801. The van der Waals surface area contributed by atoms with Crippen LogP contribution in [0.5, 0.6) is 5.75 Å². The minimum absolute atomic E-state index is 0.0795. The van der Waals surface area contributed by atoms with E-state index in [-0.39, 0.29) is 5.91 Å². The van der Waals surface area contributed by atoms with Gasteiger partial charge in [-0.25, -0.2) is 0 Å². The number of hydrogen-bond donors (Lipinski definition) is 0. The van der Waals surface area contributed by atoms with Gasteiger partial charge in [0.15, 0.2) is 6.10 Å². The van der Waals surface area contributed by atoms with Crippen LogP contribution in [-0.2, 0) is 11.3 Å². The fourth-order valence-corrected chi connectivity index (χ4v) is 2.97. The highest BCUT2D eigenvalue weighted by Crippen LogP contribution is 2.36. The smallest absolute Gasteiger partial charge is 0.268 e. The summed E-state index contributed by atoms with van der Waals surface area (Å²) < 4.78 is 5.67. The number of hydrogen-bond acceptors (Lipinski definition) is 2. The van der Waals surface area contributed by atoms with Gasteiger partial charge in [0.2, 0.25) is 0 Å². The Kier molecular flexibility index (Phi) is 4.02. The number of aryl methyl sites for hydroxylation is 1. The number of benzene rings is 2. The summed E-state index contributed by atoms with van der Waals surface area (Å²) in [6.07, 6.45) is -0.513. The maximum atomic E-state index is 12.5. The molecular weight excluding hydrogens is 321 g/mol. The molecule has 2 aromatic rings. The number of carbonyl (C=O) groups is 1. The van der Waals surface area contributed by atoms with E-state index in [0.717, 1.165) is 16.8 Å². The number of nitrogens with zero attached hydrogens (tertiary/aromatic N) is 1.